The molecule has 0 unspecified atom stereocenters. The standard InChI is InChI=1S/C11H10N2O3/c1-12-11-13-5-10(16-11)7-2-3-8-9(4-7)15-6-14-8/h2-5H,6H2,1H3,(H,12,13). The van der Waals surface area contributed by atoms with Crippen molar-refractivity contribution in [2.45, 2.75) is 0 Å². The number of rotatable bonds is 2. The van der Waals surface area contributed by atoms with E-state index < -0.39 is 0 Å². The molecule has 0 aliphatic carbocycles. The molecule has 2 heterocycles. The van der Waals surface area contributed by atoms with Crippen molar-refractivity contribution < 1.29 is 13.9 Å². The first-order chi connectivity index (χ1) is 7.86. The minimum Gasteiger partial charge on any atom is -0.454 e. The summed E-state index contributed by atoms with van der Waals surface area (Å²) in [6.07, 6.45) is 1.67. The second-order valence-corrected chi connectivity index (χ2v) is 3.35. The number of hydrogen-bond donors (Lipinski definition) is 1. The Hall–Kier alpha value is -2.17. The zero-order valence-electron chi connectivity index (χ0n) is 8.69. The Labute approximate surface area is 92.0 Å². The summed E-state index contributed by atoms with van der Waals surface area (Å²) in [5, 5.41) is 2.84. The average Bonchev–Trinajstić information content (AvgIpc) is 2.96. The van der Waals surface area contributed by atoms with Crippen LogP contribution in [0.5, 0.6) is 11.5 Å². The van der Waals surface area contributed by atoms with Crippen molar-refractivity contribution in [3.05, 3.63) is 24.4 Å². The molecule has 0 fully saturated rings. The fourth-order valence-corrected chi connectivity index (χ4v) is 1.57. The lowest BCUT2D eigenvalue weighted by atomic mass is 10.1. The molecule has 1 aromatic heterocycles. The number of nitrogens with one attached hydrogen (secondary N) is 1. The van der Waals surface area contributed by atoms with Gasteiger partial charge in [-0.25, -0.2) is 4.98 Å². The minimum absolute atomic E-state index is 0.275. The molecule has 0 spiro atoms. The summed E-state index contributed by atoms with van der Waals surface area (Å²) in [6, 6.07) is 6.14. The van der Waals surface area contributed by atoms with Crippen molar-refractivity contribution in [3.8, 4) is 22.8 Å². The second-order valence-electron chi connectivity index (χ2n) is 3.35. The predicted molar refractivity (Wildman–Crippen MR) is 57.6 cm³/mol. The maximum absolute atomic E-state index is 5.46. The van der Waals surface area contributed by atoms with Crippen LogP contribution in [0, 0.1) is 0 Å². The molecule has 1 N–H and O–H groups in total. The van der Waals surface area contributed by atoms with E-state index in [4.69, 9.17) is 13.9 Å². The number of hydrogen-bond acceptors (Lipinski definition) is 5. The van der Waals surface area contributed by atoms with Gasteiger partial charge in [0, 0.05) is 12.6 Å². The van der Waals surface area contributed by atoms with Gasteiger partial charge in [-0.05, 0) is 18.2 Å². The molecular formula is C11H10N2O3. The van der Waals surface area contributed by atoms with Gasteiger partial charge in [0.2, 0.25) is 6.79 Å². The van der Waals surface area contributed by atoms with Gasteiger partial charge >= 0.3 is 0 Å². The van der Waals surface area contributed by atoms with Gasteiger partial charge in [0.15, 0.2) is 17.3 Å². The van der Waals surface area contributed by atoms with Gasteiger partial charge in [0.25, 0.3) is 6.01 Å². The predicted octanol–water partition coefficient (Wildman–Crippen LogP) is 2.11. The molecule has 0 radical (unpaired) electrons. The Morgan fingerprint density at radius 1 is 1.25 bits per heavy atom. The zero-order valence-corrected chi connectivity index (χ0v) is 8.69. The first-order valence-corrected chi connectivity index (χ1v) is 4.90. The maximum atomic E-state index is 5.46. The van der Waals surface area contributed by atoms with Gasteiger partial charge in [0.1, 0.15) is 0 Å². The van der Waals surface area contributed by atoms with E-state index in [0.717, 1.165) is 17.1 Å². The van der Waals surface area contributed by atoms with Crippen LogP contribution in [0.2, 0.25) is 0 Å². The fraction of sp³-hybridized carbons (Fsp3) is 0.182. The molecule has 82 valence electrons. The Balaban J connectivity index is 2.00. The van der Waals surface area contributed by atoms with Crippen LogP contribution < -0.4 is 14.8 Å². The number of benzene rings is 1. The average molecular weight is 218 g/mol. The van der Waals surface area contributed by atoms with E-state index in [1.54, 1.807) is 13.2 Å². The highest BCUT2D eigenvalue weighted by Crippen LogP contribution is 2.36. The van der Waals surface area contributed by atoms with E-state index in [-0.39, 0.29) is 6.79 Å². The molecule has 1 aliphatic rings. The van der Waals surface area contributed by atoms with Crippen molar-refractivity contribution in [1.82, 2.24) is 4.98 Å². The summed E-state index contributed by atoms with van der Waals surface area (Å²) in [5.74, 6) is 2.19. The van der Waals surface area contributed by atoms with E-state index in [0.29, 0.717) is 11.8 Å². The first-order valence-electron chi connectivity index (χ1n) is 4.90. The SMILES string of the molecule is CNc1ncc(-c2ccc3c(c2)OCO3)o1. The maximum Gasteiger partial charge on any atom is 0.294 e. The number of oxazole rings is 1. The third-order valence-corrected chi connectivity index (χ3v) is 2.38. The Morgan fingerprint density at radius 2 is 2.12 bits per heavy atom. The monoisotopic (exact) mass is 218 g/mol. The molecule has 5 nitrogen and oxygen atoms in total. The molecule has 0 amide bonds. The van der Waals surface area contributed by atoms with Gasteiger partial charge in [-0.1, -0.05) is 0 Å². The lowest BCUT2D eigenvalue weighted by Gasteiger charge is -1.98. The normalized spacial score (nSPS) is 12.8. The molecule has 0 saturated heterocycles. The van der Waals surface area contributed by atoms with Crippen molar-refractivity contribution in [2.24, 2.45) is 0 Å². The number of fused-ring (bicyclic) bond motifs is 1. The van der Waals surface area contributed by atoms with Gasteiger partial charge in [0.05, 0.1) is 6.20 Å². The molecule has 16 heavy (non-hydrogen) atoms. The molecular weight excluding hydrogens is 208 g/mol. The van der Waals surface area contributed by atoms with Crippen molar-refractivity contribution in [3.63, 3.8) is 0 Å². The summed E-state index contributed by atoms with van der Waals surface area (Å²) in [4.78, 5) is 4.05. The molecule has 2 aromatic rings. The second kappa shape index (κ2) is 3.44. The van der Waals surface area contributed by atoms with Gasteiger partial charge in [-0.2, -0.15) is 0 Å². The summed E-state index contributed by atoms with van der Waals surface area (Å²) in [7, 11) is 1.76. The third-order valence-electron chi connectivity index (χ3n) is 2.38. The van der Waals surface area contributed by atoms with Crippen LogP contribution in [-0.2, 0) is 0 Å². The summed E-state index contributed by atoms with van der Waals surface area (Å²) < 4.78 is 16.0. The van der Waals surface area contributed by atoms with Crippen LogP contribution >= 0.6 is 0 Å². The van der Waals surface area contributed by atoms with Crippen molar-refractivity contribution in [2.75, 3.05) is 19.2 Å². The zero-order chi connectivity index (χ0) is 11.0. The van der Waals surface area contributed by atoms with Crippen LogP contribution in [0.25, 0.3) is 11.3 Å². The lowest BCUT2D eigenvalue weighted by Crippen LogP contribution is -1.92. The summed E-state index contributed by atoms with van der Waals surface area (Å²) in [6.45, 7) is 0.275. The number of anilines is 1. The fourth-order valence-electron chi connectivity index (χ4n) is 1.57. The van der Waals surface area contributed by atoms with Crippen LogP contribution in [0.15, 0.2) is 28.8 Å². The van der Waals surface area contributed by atoms with E-state index in [1.165, 1.54) is 0 Å². The van der Waals surface area contributed by atoms with Crippen LogP contribution in [0.4, 0.5) is 6.01 Å². The van der Waals surface area contributed by atoms with Crippen molar-refractivity contribution >= 4 is 6.01 Å². The van der Waals surface area contributed by atoms with E-state index >= 15 is 0 Å². The van der Waals surface area contributed by atoms with Gasteiger partial charge in [-0.15, -0.1) is 0 Å². The molecule has 0 bridgehead atoms. The highest BCUT2D eigenvalue weighted by Gasteiger charge is 2.15. The number of ether oxygens (including phenoxy) is 2. The highest BCUT2D eigenvalue weighted by molar-refractivity contribution is 5.63. The van der Waals surface area contributed by atoms with Crippen LogP contribution in [-0.4, -0.2) is 18.8 Å². The van der Waals surface area contributed by atoms with E-state index in [9.17, 15) is 0 Å². The quantitative estimate of drug-likeness (QED) is 0.836. The molecule has 0 saturated carbocycles. The highest BCUT2D eigenvalue weighted by atomic mass is 16.7. The molecule has 3 rings (SSSR count). The Kier molecular flexibility index (Phi) is 1.96. The minimum atomic E-state index is 0.275. The lowest BCUT2D eigenvalue weighted by molar-refractivity contribution is 0.174. The topological polar surface area (TPSA) is 56.5 Å². The smallest absolute Gasteiger partial charge is 0.294 e. The van der Waals surface area contributed by atoms with E-state index in [2.05, 4.69) is 10.3 Å². The first kappa shape index (κ1) is 9.08. The van der Waals surface area contributed by atoms with Gasteiger partial charge < -0.3 is 19.2 Å². The third kappa shape index (κ3) is 1.37. The van der Waals surface area contributed by atoms with Crippen LogP contribution in [0.3, 0.4) is 0 Å². The Bertz CT molecular complexity index is 522. The molecule has 1 aromatic carbocycles. The summed E-state index contributed by atoms with van der Waals surface area (Å²) >= 11 is 0. The number of aromatic nitrogens is 1. The van der Waals surface area contributed by atoms with E-state index in [1.807, 2.05) is 18.2 Å². The van der Waals surface area contributed by atoms with Gasteiger partial charge in [-0.3, -0.25) is 0 Å². The molecule has 1 aliphatic heterocycles. The van der Waals surface area contributed by atoms with Crippen LogP contribution in [0.1, 0.15) is 0 Å². The number of nitrogens with zero attached hydrogens (tertiary/aromatic N) is 1. The largest absolute Gasteiger partial charge is 0.454 e. The summed E-state index contributed by atoms with van der Waals surface area (Å²) in [5.41, 5.74) is 0.915. The molecule has 0 atom stereocenters. The van der Waals surface area contributed by atoms with Crippen molar-refractivity contribution in [1.29, 1.82) is 0 Å². The Morgan fingerprint density at radius 3 is 2.94 bits per heavy atom. The molecule has 5 heteroatoms.